The molecule has 2 aromatic heterocycles. The SMILES string of the molecule is COc1ccc(CCC(=O)Cc2ccc(Oc3ncnc4cc(N(C)C)ccc34)cc2)cn1. The second kappa shape index (κ2) is 10.1. The summed E-state index contributed by atoms with van der Waals surface area (Å²) in [5.74, 6) is 1.91. The number of carbonyl (C=O) groups excluding carboxylic acids is 1. The lowest BCUT2D eigenvalue weighted by Gasteiger charge is -2.13. The third-order valence-electron chi connectivity index (χ3n) is 5.34. The van der Waals surface area contributed by atoms with Crippen LogP contribution in [0.25, 0.3) is 10.9 Å². The van der Waals surface area contributed by atoms with E-state index in [-0.39, 0.29) is 5.78 Å². The molecule has 0 fully saturated rings. The summed E-state index contributed by atoms with van der Waals surface area (Å²) in [5, 5.41) is 0.843. The first-order chi connectivity index (χ1) is 16.0. The number of fused-ring (bicyclic) bond motifs is 1. The van der Waals surface area contributed by atoms with Gasteiger partial charge in [-0.3, -0.25) is 4.79 Å². The molecule has 7 nitrogen and oxygen atoms in total. The second-order valence-electron chi connectivity index (χ2n) is 7.94. The van der Waals surface area contributed by atoms with Gasteiger partial charge in [-0.1, -0.05) is 18.2 Å². The van der Waals surface area contributed by atoms with E-state index < -0.39 is 0 Å². The van der Waals surface area contributed by atoms with E-state index in [9.17, 15) is 4.79 Å². The molecular weight excluding hydrogens is 416 g/mol. The van der Waals surface area contributed by atoms with Crippen molar-refractivity contribution in [3.05, 3.63) is 78.2 Å². The molecule has 2 aromatic carbocycles. The summed E-state index contributed by atoms with van der Waals surface area (Å²) >= 11 is 0. The van der Waals surface area contributed by atoms with Gasteiger partial charge in [0, 0.05) is 44.9 Å². The lowest BCUT2D eigenvalue weighted by Crippen LogP contribution is -2.08. The van der Waals surface area contributed by atoms with Crippen LogP contribution in [0.15, 0.2) is 67.1 Å². The number of anilines is 1. The maximum absolute atomic E-state index is 12.4. The zero-order chi connectivity index (χ0) is 23.2. The molecule has 0 saturated carbocycles. The number of benzene rings is 2. The Bertz CT molecular complexity index is 1240. The fourth-order valence-corrected chi connectivity index (χ4v) is 3.45. The minimum absolute atomic E-state index is 0.179. The van der Waals surface area contributed by atoms with Gasteiger partial charge in [-0.25, -0.2) is 15.0 Å². The molecule has 0 unspecified atom stereocenters. The molecule has 0 aliphatic heterocycles. The summed E-state index contributed by atoms with van der Waals surface area (Å²) < 4.78 is 11.1. The van der Waals surface area contributed by atoms with Gasteiger partial charge in [0.15, 0.2) is 0 Å². The van der Waals surface area contributed by atoms with Crippen molar-refractivity contribution in [1.82, 2.24) is 15.0 Å². The number of carbonyl (C=O) groups is 1. The molecule has 2 heterocycles. The number of nitrogens with zero attached hydrogens (tertiary/aromatic N) is 4. The molecule has 0 amide bonds. The predicted octanol–water partition coefficient (Wildman–Crippen LogP) is 4.64. The molecule has 0 spiro atoms. The number of Topliss-reactive ketones (excluding diaryl/α,β-unsaturated/α-hetero) is 1. The number of ether oxygens (including phenoxy) is 2. The summed E-state index contributed by atoms with van der Waals surface area (Å²) in [6, 6.07) is 17.3. The highest BCUT2D eigenvalue weighted by molar-refractivity contribution is 5.86. The normalized spacial score (nSPS) is 10.8. The van der Waals surface area contributed by atoms with Crippen LogP contribution >= 0.6 is 0 Å². The van der Waals surface area contributed by atoms with Crippen LogP contribution in [0.2, 0.25) is 0 Å². The minimum atomic E-state index is 0.179. The molecule has 168 valence electrons. The second-order valence-corrected chi connectivity index (χ2v) is 7.94. The van der Waals surface area contributed by atoms with Crippen LogP contribution in [0.1, 0.15) is 17.5 Å². The number of pyridine rings is 1. The highest BCUT2D eigenvalue weighted by atomic mass is 16.5. The monoisotopic (exact) mass is 442 g/mol. The third-order valence-corrected chi connectivity index (χ3v) is 5.34. The number of hydrogen-bond donors (Lipinski definition) is 0. The van der Waals surface area contributed by atoms with Gasteiger partial charge in [-0.2, -0.15) is 0 Å². The molecule has 4 aromatic rings. The van der Waals surface area contributed by atoms with E-state index in [1.165, 1.54) is 6.33 Å². The van der Waals surface area contributed by atoms with Crippen molar-refractivity contribution < 1.29 is 14.3 Å². The molecule has 0 radical (unpaired) electrons. The Labute approximate surface area is 193 Å². The van der Waals surface area contributed by atoms with E-state index in [1.807, 2.05) is 67.5 Å². The number of aromatic nitrogens is 3. The van der Waals surface area contributed by atoms with Gasteiger partial charge in [0.1, 0.15) is 17.9 Å². The summed E-state index contributed by atoms with van der Waals surface area (Å²) in [7, 11) is 5.56. The van der Waals surface area contributed by atoms with Gasteiger partial charge in [-0.05, 0) is 47.9 Å². The Morgan fingerprint density at radius 3 is 2.42 bits per heavy atom. The van der Waals surface area contributed by atoms with Gasteiger partial charge < -0.3 is 14.4 Å². The summed E-state index contributed by atoms with van der Waals surface area (Å²) in [5.41, 5.74) is 3.84. The molecule has 0 aliphatic carbocycles. The summed E-state index contributed by atoms with van der Waals surface area (Å²) in [4.78, 5) is 27.3. The lowest BCUT2D eigenvalue weighted by atomic mass is 10.0. The number of methoxy groups -OCH3 is 1. The minimum Gasteiger partial charge on any atom is -0.481 e. The number of rotatable bonds is 9. The highest BCUT2D eigenvalue weighted by Gasteiger charge is 2.09. The molecule has 7 heteroatoms. The maximum atomic E-state index is 12.4. The predicted molar refractivity (Wildman–Crippen MR) is 128 cm³/mol. The fraction of sp³-hybridized carbons (Fsp3) is 0.231. The first kappa shape index (κ1) is 22.2. The Hall–Kier alpha value is -4.00. The molecule has 0 aliphatic rings. The molecular formula is C26H26N4O3. The van der Waals surface area contributed by atoms with Crippen molar-refractivity contribution in [2.24, 2.45) is 0 Å². The Morgan fingerprint density at radius 1 is 0.939 bits per heavy atom. The van der Waals surface area contributed by atoms with E-state index in [0.717, 1.165) is 27.7 Å². The van der Waals surface area contributed by atoms with Crippen LogP contribution in [0.4, 0.5) is 5.69 Å². The van der Waals surface area contributed by atoms with Gasteiger partial charge in [0.2, 0.25) is 11.8 Å². The smallest absolute Gasteiger partial charge is 0.230 e. The largest absolute Gasteiger partial charge is 0.481 e. The first-order valence-corrected chi connectivity index (χ1v) is 10.7. The van der Waals surface area contributed by atoms with Gasteiger partial charge >= 0.3 is 0 Å². The van der Waals surface area contributed by atoms with E-state index in [0.29, 0.717) is 36.8 Å². The highest BCUT2D eigenvalue weighted by Crippen LogP contribution is 2.29. The Kier molecular flexibility index (Phi) is 6.78. The van der Waals surface area contributed by atoms with Crippen LogP contribution in [-0.4, -0.2) is 41.9 Å². The summed E-state index contributed by atoms with van der Waals surface area (Å²) in [6.07, 6.45) is 4.76. The van der Waals surface area contributed by atoms with E-state index in [1.54, 1.807) is 19.4 Å². The van der Waals surface area contributed by atoms with Crippen molar-refractivity contribution in [3.63, 3.8) is 0 Å². The Balaban J connectivity index is 1.36. The van der Waals surface area contributed by atoms with Crippen molar-refractivity contribution >= 4 is 22.4 Å². The molecule has 0 bridgehead atoms. The van der Waals surface area contributed by atoms with Crippen molar-refractivity contribution in [1.29, 1.82) is 0 Å². The van der Waals surface area contributed by atoms with Crippen LogP contribution in [0, 0.1) is 0 Å². The third kappa shape index (κ3) is 5.63. The average Bonchev–Trinajstić information content (AvgIpc) is 2.84. The molecule has 0 atom stereocenters. The maximum Gasteiger partial charge on any atom is 0.230 e. The first-order valence-electron chi connectivity index (χ1n) is 10.7. The zero-order valence-electron chi connectivity index (χ0n) is 19.0. The molecule has 0 saturated heterocycles. The van der Waals surface area contributed by atoms with Crippen molar-refractivity contribution in [2.75, 3.05) is 26.1 Å². The van der Waals surface area contributed by atoms with Gasteiger partial charge in [0.05, 0.1) is 18.0 Å². The average molecular weight is 443 g/mol. The quantitative estimate of drug-likeness (QED) is 0.374. The Morgan fingerprint density at radius 2 is 1.73 bits per heavy atom. The molecule has 4 rings (SSSR count). The van der Waals surface area contributed by atoms with Gasteiger partial charge in [0.25, 0.3) is 0 Å². The van der Waals surface area contributed by atoms with Crippen LogP contribution in [0.5, 0.6) is 17.5 Å². The number of hydrogen-bond acceptors (Lipinski definition) is 7. The molecule has 0 N–H and O–H groups in total. The summed E-state index contributed by atoms with van der Waals surface area (Å²) in [6.45, 7) is 0. The van der Waals surface area contributed by atoms with Crippen LogP contribution in [-0.2, 0) is 17.6 Å². The van der Waals surface area contributed by atoms with Crippen LogP contribution in [0.3, 0.4) is 0 Å². The van der Waals surface area contributed by atoms with Crippen LogP contribution < -0.4 is 14.4 Å². The van der Waals surface area contributed by atoms with Crippen molar-refractivity contribution in [3.8, 4) is 17.5 Å². The van der Waals surface area contributed by atoms with E-state index in [2.05, 4.69) is 15.0 Å². The topological polar surface area (TPSA) is 77.4 Å². The lowest BCUT2D eigenvalue weighted by molar-refractivity contribution is -0.118. The van der Waals surface area contributed by atoms with Crippen molar-refractivity contribution in [2.45, 2.75) is 19.3 Å². The molecule has 33 heavy (non-hydrogen) atoms. The number of ketones is 1. The number of aryl methyl sites for hydroxylation is 1. The van der Waals surface area contributed by atoms with E-state index in [4.69, 9.17) is 9.47 Å². The zero-order valence-corrected chi connectivity index (χ0v) is 19.0. The fourth-order valence-electron chi connectivity index (χ4n) is 3.45. The van der Waals surface area contributed by atoms with Gasteiger partial charge in [-0.15, -0.1) is 0 Å². The van der Waals surface area contributed by atoms with E-state index >= 15 is 0 Å². The standard InChI is InChI=1S/C26H26N4O3/c1-30(2)20-8-12-23-24(15-20)28-17-29-26(23)33-22-10-5-18(6-11-22)14-21(31)9-4-19-7-13-25(32-3)27-16-19/h5-8,10-13,15-17H,4,9,14H2,1-3H3.